The summed E-state index contributed by atoms with van der Waals surface area (Å²) in [5.41, 5.74) is 5.05. The largest absolute Gasteiger partial charge is 0.478 e. The van der Waals surface area contributed by atoms with Crippen molar-refractivity contribution in [3.05, 3.63) is 89.2 Å². The Morgan fingerprint density at radius 3 is 2.55 bits per heavy atom. The normalized spacial score (nSPS) is 16.9. The topological polar surface area (TPSA) is 94.6 Å². The lowest BCUT2D eigenvalue weighted by atomic mass is 9.99. The zero-order chi connectivity index (χ0) is 22.8. The van der Waals surface area contributed by atoms with E-state index in [1.165, 1.54) is 30.5 Å². The molecule has 1 fully saturated rings. The van der Waals surface area contributed by atoms with Gasteiger partial charge in [-0.3, -0.25) is 14.7 Å². The molecule has 5 rings (SSSR count). The highest BCUT2D eigenvalue weighted by Crippen LogP contribution is 2.38. The number of carboxylic acids is 1. The monoisotopic (exact) mass is 440 g/mol. The van der Waals surface area contributed by atoms with Crippen molar-refractivity contribution in [2.45, 2.75) is 19.4 Å². The van der Waals surface area contributed by atoms with Crippen molar-refractivity contribution >= 4 is 34.5 Å². The van der Waals surface area contributed by atoms with Crippen LogP contribution in [0.5, 0.6) is 0 Å². The number of likely N-dealkylation sites (tertiary alicyclic amines) is 1. The van der Waals surface area contributed by atoms with Gasteiger partial charge in [0.15, 0.2) is 0 Å². The van der Waals surface area contributed by atoms with Crippen LogP contribution < -0.4 is 10.6 Å². The highest BCUT2D eigenvalue weighted by Gasteiger charge is 2.29. The summed E-state index contributed by atoms with van der Waals surface area (Å²) in [5.74, 6) is -1.33. The molecule has 2 aliphatic rings. The molecule has 3 N–H and O–H groups in total. The summed E-state index contributed by atoms with van der Waals surface area (Å²) >= 11 is 0. The van der Waals surface area contributed by atoms with E-state index in [9.17, 15) is 14.7 Å². The van der Waals surface area contributed by atoms with Crippen molar-refractivity contribution < 1.29 is 14.7 Å². The number of carboxylic acid groups (broad SMARTS) is 1. The summed E-state index contributed by atoms with van der Waals surface area (Å²) in [7, 11) is 0. The van der Waals surface area contributed by atoms with Crippen LogP contribution in [0.25, 0.3) is 11.3 Å². The van der Waals surface area contributed by atoms with Gasteiger partial charge in [-0.15, -0.1) is 0 Å². The van der Waals surface area contributed by atoms with Crippen LogP contribution in [0.4, 0.5) is 11.4 Å². The summed E-state index contributed by atoms with van der Waals surface area (Å²) in [6.07, 6.45) is 5.87. The Bertz CT molecular complexity index is 1230. The molecule has 1 saturated heterocycles. The number of hydrogen-bond donors (Lipinski definition) is 3. The molecule has 0 saturated carbocycles. The molecular formula is C26H24N4O3. The average Bonchev–Trinajstić information content (AvgIpc) is 3.45. The van der Waals surface area contributed by atoms with Crippen LogP contribution in [0.1, 0.15) is 39.9 Å². The third-order valence-electron chi connectivity index (χ3n) is 6.04. The number of hydrogen-bond acceptors (Lipinski definition) is 5. The smallest absolute Gasteiger partial charge is 0.335 e. The molecular weight excluding hydrogens is 416 g/mol. The first kappa shape index (κ1) is 20.9. The lowest BCUT2D eigenvalue weighted by Crippen LogP contribution is -2.18. The van der Waals surface area contributed by atoms with Crippen molar-refractivity contribution in [2.75, 3.05) is 23.7 Å². The molecule has 0 atom stereocenters. The Labute approximate surface area is 191 Å². The maximum atomic E-state index is 13.0. The molecule has 1 amide bonds. The van der Waals surface area contributed by atoms with Crippen LogP contribution in [0.15, 0.2) is 67.0 Å². The Kier molecular flexibility index (Phi) is 5.62. The molecule has 0 spiro atoms. The van der Waals surface area contributed by atoms with E-state index < -0.39 is 5.97 Å². The number of aromatic nitrogens is 1. The molecule has 2 aliphatic heterocycles. The van der Waals surface area contributed by atoms with Gasteiger partial charge in [-0.05, 0) is 74.0 Å². The third kappa shape index (κ3) is 4.36. The van der Waals surface area contributed by atoms with Gasteiger partial charge in [0.1, 0.15) is 0 Å². The average molecular weight is 441 g/mol. The first-order chi connectivity index (χ1) is 16.1. The first-order valence-corrected chi connectivity index (χ1v) is 11.0. The quantitative estimate of drug-likeness (QED) is 0.495. The molecule has 0 bridgehead atoms. The molecule has 166 valence electrons. The fourth-order valence-corrected chi connectivity index (χ4v) is 4.37. The summed E-state index contributed by atoms with van der Waals surface area (Å²) < 4.78 is 0. The number of carbonyl (C=O) groups is 2. The minimum Gasteiger partial charge on any atom is -0.478 e. The second-order valence-corrected chi connectivity index (χ2v) is 8.32. The van der Waals surface area contributed by atoms with E-state index in [1.54, 1.807) is 24.5 Å². The molecule has 1 aromatic heterocycles. The van der Waals surface area contributed by atoms with Crippen LogP contribution in [-0.2, 0) is 11.3 Å². The molecule has 7 heteroatoms. The molecule has 0 radical (unpaired) electrons. The van der Waals surface area contributed by atoms with Crippen LogP contribution >= 0.6 is 0 Å². The van der Waals surface area contributed by atoms with Crippen LogP contribution in [0.3, 0.4) is 0 Å². The van der Waals surface area contributed by atoms with Gasteiger partial charge < -0.3 is 15.7 Å². The van der Waals surface area contributed by atoms with Crippen LogP contribution in [0, 0.1) is 0 Å². The van der Waals surface area contributed by atoms with Gasteiger partial charge in [0.05, 0.1) is 16.8 Å². The molecule has 0 aliphatic carbocycles. The van der Waals surface area contributed by atoms with Crippen molar-refractivity contribution in [1.29, 1.82) is 0 Å². The van der Waals surface area contributed by atoms with E-state index in [0.717, 1.165) is 30.9 Å². The van der Waals surface area contributed by atoms with Gasteiger partial charge in [0.25, 0.3) is 5.91 Å². The van der Waals surface area contributed by atoms with Gasteiger partial charge >= 0.3 is 5.97 Å². The number of fused-ring (bicyclic) bond motifs is 1. The zero-order valence-electron chi connectivity index (χ0n) is 18.0. The second-order valence-electron chi connectivity index (χ2n) is 8.32. The minimum atomic E-state index is -1.04. The lowest BCUT2D eigenvalue weighted by molar-refractivity contribution is -0.110. The number of aromatic carboxylic acids is 1. The predicted molar refractivity (Wildman–Crippen MR) is 128 cm³/mol. The summed E-state index contributed by atoms with van der Waals surface area (Å²) in [5, 5.41) is 15.7. The maximum Gasteiger partial charge on any atom is 0.335 e. The number of benzene rings is 2. The van der Waals surface area contributed by atoms with Gasteiger partial charge in [0.2, 0.25) is 0 Å². The van der Waals surface area contributed by atoms with Crippen molar-refractivity contribution in [1.82, 2.24) is 9.88 Å². The van der Waals surface area contributed by atoms with Crippen molar-refractivity contribution in [3.63, 3.8) is 0 Å². The van der Waals surface area contributed by atoms with Crippen LogP contribution in [0.2, 0.25) is 0 Å². The van der Waals surface area contributed by atoms with Crippen molar-refractivity contribution in [2.24, 2.45) is 0 Å². The molecule has 3 aromatic rings. The predicted octanol–water partition coefficient (Wildman–Crippen LogP) is 4.31. The molecule has 7 nitrogen and oxygen atoms in total. The van der Waals surface area contributed by atoms with E-state index in [2.05, 4.69) is 32.7 Å². The summed E-state index contributed by atoms with van der Waals surface area (Å²) in [4.78, 5) is 31.2. The second kappa shape index (κ2) is 8.88. The number of rotatable bonds is 6. The van der Waals surface area contributed by atoms with Crippen molar-refractivity contribution in [3.8, 4) is 0 Å². The zero-order valence-corrected chi connectivity index (χ0v) is 18.0. The summed E-state index contributed by atoms with van der Waals surface area (Å²) in [6, 6.07) is 16.5. The third-order valence-corrected chi connectivity index (χ3v) is 6.04. The lowest BCUT2D eigenvalue weighted by Gasteiger charge is -2.17. The Morgan fingerprint density at radius 2 is 1.85 bits per heavy atom. The number of nitrogens with zero attached hydrogens (tertiary/aromatic N) is 2. The highest BCUT2D eigenvalue weighted by atomic mass is 16.4. The Hall–Kier alpha value is -3.97. The Morgan fingerprint density at radius 1 is 1.06 bits per heavy atom. The van der Waals surface area contributed by atoms with E-state index in [4.69, 9.17) is 0 Å². The standard InChI is InChI=1S/C26H24N4O3/c31-25-23(21-14-18(26(32)33)7-10-22(21)29-25)24(19-4-3-11-27-15-19)28-20-8-5-17(6-9-20)16-30-12-1-2-13-30/h3-11,14-15,28H,1-2,12-13,16H2,(H,29,31)(H,32,33). The fourth-order valence-electron chi connectivity index (χ4n) is 4.37. The fraction of sp³-hybridized carbons (Fsp3) is 0.192. The molecule has 3 heterocycles. The van der Waals surface area contributed by atoms with Gasteiger partial charge in [-0.2, -0.15) is 0 Å². The van der Waals surface area contributed by atoms with Gasteiger partial charge in [-0.1, -0.05) is 12.1 Å². The number of pyridine rings is 1. The van der Waals surface area contributed by atoms with E-state index in [1.807, 2.05) is 18.2 Å². The molecule has 0 unspecified atom stereocenters. The van der Waals surface area contributed by atoms with E-state index in [0.29, 0.717) is 22.5 Å². The molecule has 33 heavy (non-hydrogen) atoms. The molecule has 2 aromatic carbocycles. The van der Waals surface area contributed by atoms with E-state index in [-0.39, 0.29) is 11.5 Å². The SMILES string of the molecule is O=C1Nc2ccc(C(=O)O)cc2C1=C(Nc1ccc(CN2CCCC2)cc1)c1cccnc1. The number of amides is 1. The first-order valence-electron chi connectivity index (χ1n) is 11.0. The highest BCUT2D eigenvalue weighted by molar-refractivity contribution is 6.37. The van der Waals surface area contributed by atoms with E-state index >= 15 is 0 Å². The van der Waals surface area contributed by atoms with Crippen LogP contribution in [-0.4, -0.2) is 40.0 Å². The number of nitrogens with one attached hydrogen (secondary N) is 2. The maximum absolute atomic E-state index is 13.0. The van der Waals surface area contributed by atoms with Gasteiger partial charge in [-0.25, -0.2) is 4.79 Å². The minimum absolute atomic E-state index is 0.125. The number of anilines is 2. The van der Waals surface area contributed by atoms with Gasteiger partial charge in [0, 0.05) is 41.4 Å². The summed E-state index contributed by atoms with van der Waals surface area (Å²) in [6.45, 7) is 3.22. The number of carbonyl (C=O) groups excluding carboxylic acids is 1. The Balaban J connectivity index is 1.53.